The summed E-state index contributed by atoms with van der Waals surface area (Å²) in [7, 11) is 0. The lowest BCUT2D eigenvalue weighted by Crippen LogP contribution is -2.25. The maximum Gasteiger partial charge on any atom is 0.307 e. The van der Waals surface area contributed by atoms with Gasteiger partial charge in [-0.2, -0.15) is 0 Å². The smallest absolute Gasteiger partial charge is 0.307 e. The van der Waals surface area contributed by atoms with Crippen molar-refractivity contribution in [2.45, 2.75) is 27.7 Å². The first kappa shape index (κ1) is 11.2. The summed E-state index contributed by atoms with van der Waals surface area (Å²) >= 11 is 0. The largest absolute Gasteiger partial charge is 0.481 e. The predicted octanol–water partition coefficient (Wildman–Crippen LogP) is 2.56. The summed E-state index contributed by atoms with van der Waals surface area (Å²) in [5.41, 5.74) is 0. The van der Waals surface area contributed by atoms with Gasteiger partial charge in [-0.05, 0) is 18.8 Å². The Morgan fingerprint density at radius 3 is 2.08 bits per heavy atom. The van der Waals surface area contributed by atoms with Gasteiger partial charge in [0, 0.05) is 0 Å². The Bertz CT molecular complexity index is 171. The molecular formula is C10H18O2. The number of aliphatic carboxylic acids is 1. The highest BCUT2D eigenvalue weighted by atomic mass is 16.4. The summed E-state index contributed by atoms with van der Waals surface area (Å²) in [4.78, 5) is 10.8. The highest BCUT2D eigenvalue weighted by molar-refractivity contribution is 5.70. The van der Waals surface area contributed by atoms with Crippen LogP contribution in [0, 0.1) is 17.8 Å². The van der Waals surface area contributed by atoms with Crippen molar-refractivity contribution >= 4 is 5.97 Å². The Kier molecular flexibility index (Phi) is 4.64. The second-order valence-electron chi connectivity index (χ2n) is 3.49. The molecule has 1 N–H and O–H groups in total. The van der Waals surface area contributed by atoms with Crippen LogP contribution in [0.4, 0.5) is 0 Å². The van der Waals surface area contributed by atoms with Gasteiger partial charge in [0.05, 0.1) is 5.92 Å². The van der Waals surface area contributed by atoms with E-state index in [4.69, 9.17) is 5.11 Å². The van der Waals surface area contributed by atoms with Gasteiger partial charge in [0.2, 0.25) is 0 Å². The molecule has 0 heterocycles. The lowest BCUT2D eigenvalue weighted by molar-refractivity contribution is -0.144. The molecule has 0 spiro atoms. The number of carboxylic acid groups (broad SMARTS) is 1. The zero-order valence-electron chi connectivity index (χ0n) is 8.24. The quantitative estimate of drug-likeness (QED) is 0.658. The minimum atomic E-state index is -0.699. The fourth-order valence-electron chi connectivity index (χ4n) is 1.54. The molecular weight excluding hydrogens is 152 g/mol. The molecule has 0 rings (SSSR count). The van der Waals surface area contributed by atoms with E-state index in [-0.39, 0.29) is 17.8 Å². The van der Waals surface area contributed by atoms with E-state index in [0.29, 0.717) is 0 Å². The van der Waals surface area contributed by atoms with E-state index in [1.807, 2.05) is 39.8 Å². The molecule has 0 bridgehead atoms. The number of rotatable bonds is 4. The summed E-state index contributed by atoms with van der Waals surface area (Å²) in [5, 5.41) is 8.91. The molecule has 0 aliphatic rings. The van der Waals surface area contributed by atoms with Crippen LogP contribution in [0.2, 0.25) is 0 Å². The van der Waals surface area contributed by atoms with E-state index in [1.54, 1.807) is 0 Å². The van der Waals surface area contributed by atoms with Crippen LogP contribution in [-0.4, -0.2) is 11.1 Å². The highest BCUT2D eigenvalue weighted by Gasteiger charge is 2.25. The Labute approximate surface area is 74.3 Å². The maximum absolute atomic E-state index is 10.8. The van der Waals surface area contributed by atoms with Crippen LogP contribution in [0.1, 0.15) is 27.7 Å². The molecule has 2 nitrogen and oxygen atoms in total. The van der Waals surface area contributed by atoms with E-state index >= 15 is 0 Å². The van der Waals surface area contributed by atoms with Crippen molar-refractivity contribution in [3.8, 4) is 0 Å². The molecule has 0 amide bonds. The van der Waals surface area contributed by atoms with Gasteiger partial charge in [-0.15, -0.1) is 0 Å². The normalized spacial score (nSPS) is 16.8. The van der Waals surface area contributed by atoms with Crippen LogP contribution in [0.15, 0.2) is 12.2 Å². The van der Waals surface area contributed by atoms with Crippen molar-refractivity contribution in [1.82, 2.24) is 0 Å². The van der Waals surface area contributed by atoms with E-state index < -0.39 is 5.97 Å². The van der Waals surface area contributed by atoms with Crippen LogP contribution in [0.5, 0.6) is 0 Å². The highest BCUT2D eigenvalue weighted by Crippen LogP contribution is 2.21. The molecule has 0 saturated carbocycles. The van der Waals surface area contributed by atoms with Crippen LogP contribution in [0.3, 0.4) is 0 Å². The fourth-order valence-corrected chi connectivity index (χ4v) is 1.54. The average molecular weight is 170 g/mol. The molecule has 0 aliphatic heterocycles. The average Bonchev–Trinajstić information content (AvgIpc) is 1.85. The molecule has 0 fully saturated rings. The van der Waals surface area contributed by atoms with Gasteiger partial charge in [-0.1, -0.05) is 32.9 Å². The first-order valence-electron chi connectivity index (χ1n) is 4.36. The van der Waals surface area contributed by atoms with Gasteiger partial charge in [0.25, 0.3) is 0 Å². The summed E-state index contributed by atoms with van der Waals surface area (Å²) < 4.78 is 0. The summed E-state index contributed by atoms with van der Waals surface area (Å²) in [6.45, 7) is 7.74. The Morgan fingerprint density at radius 2 is 1.83 bits per heavy atom. The molecule has 70 valence electrons. The zero-order valence-corrected chi connectivity index (χ0v) is 8.24. The number of carbonyl (C=O) groups is 1. The van der Waals surface area contributed by atoms with Gasteiger partial charge in [-0.25, -0.2) is 0 Å². The second-order valence-corrected chi connectivity index (χ2v) is 3.49. The summed E-state index contributed by atoms with van der Waals surface area (Å²) in [6.07, 6.45) is 3.85. The molecule has 0 unspecified atom stereocenters. The number of carboxylic acids is 1. The SMILES string of the molecule is C/C=C/[C@@H](C)[C@H](C(=O)O)C(C)C. The Balaban J connectivity index is 4.40. The van der Waals surface area contributed by atoms with Crippen molar-refractivity contribution < 1.29 is 9.90 Å². The van der Waals surface area contributed by atoms with Gasteiger partial charge < -0.3 is 5.11 Å². The molecule has 0 radical (unpaired) electrons. The third kappa shape index (κ3) is 3.07. The summed E-state index contributed by atoms with van der Waals surface area (Å²) in [6, 6.07) is 0. The van der Waals surface area contributed by atoms with Crippen molar-refractivity contribution in [2.75, 3.05) is 0 Å². The number of hydrogen-bond donors (Lipinski definition) is 1. The van der Waals surface area contributed by atoms with Crippen molar-refractivity contribution in [1.29, 1.82) is 0 Å². The maximum atomic E-state index is 10.8. The van der Waals surface area contributed by atoms with E-state index in [0.717, 1.165) is 0 Å². The van der Waals surface area contributed by atoms with Crippen LogP contribution in [-0.2, 0) is 4.79 Å². The number of allylic oxidation sites excluding steroid dienone is 2. The van der Waals surface area contributed by atoms with E-state index in [1.165, 1.54) is 0 Å². The minimum absolute atomic E-state index is 0.118. The minimum Gasteiger partial charge on any atom is -0.481 e. The molecule has 2 heteroatoms. The molecule has 0 saturated heterocycles. The molecule has 0 aromatic carbocycles. The van der Waals surface area contributed by atoms with Gasteiger partial charge in [-0.3, -0.25) is 4.79 Å². The number of hydrogen-bond acceptors (Lipinski definition) is 1. The lowest BCUT2D eigenvalue weighted by atomic mass is 9.84. The first-order valence-corrected chi connectivity index (χ1v) is 4.36. The third-order valence-corrected chi connectivity index (χ3v) is 2.07. The van der Waals surface area contributed by atoms with E-state index in [2.05, 4.69) is 0 Å². The monoisotopic (exact) mass is 170 g/mol. The molecule has 0 aromatic heterocycles. The fraction of sp³-hybridized carbons (Fsp3) is 0.700. The van der Waals surface area contributed by atoms with Gasteiger partial charge in [0.1, 0.15) is 0 Å². The third-order valence-electron chi connectivity index (χ3n) is 2.07. The topological polar surface area (TPSA) is 37.3 Å². The van der Waals surface area contributed by atoms with Gasteiger partial charge in [0.15, 0.2) is 0 Å². The van der Waals surface area contributed by atoms with Crippen LogP contribution in [0.25, 0.3) is 0 Å². The first-order chi connectivity index (χ1) is 5.50. The van der Waals surface area contributed by atoms with Crippen molar-refractivity contribution in [3.63, 3.8) is 0 Å². The standard InChI is InChI=1S/C10H18O2/c1-5-6-8(4)9(7(2)3)10(11)12/h5-9H,1-4H3,(H,11,12)/b6-5+/t8-,9-/m1/s1. The van der Waals surface area contributed by atoms with Crippen LogP contribution < -0.4 is 0 Å². The Morgan fingerprint density at radius 1 is 1.33 bits per heavy atom. The molecule has 0 aromatic rings. The second kappa shape index (κ2) is 4.96. The Hall–Kier alpha value is -0.790. The zero-order chi connectivity index (χ0) is 9.72. The van der Waals surface area contributed by atoms with Crippen molar-refractivity contribution in [2.24, 2.45) is 17.8 Å². The van der Waals surface area contributed by atoms with Crippen LogP contribution >= 0.6 is 0 Å². The molecule has 0 aliphatic carbocycles. The van der Waals surface area contributed by atoms with Gasteiger partial charge >= 0.3 is 5.97 Å². The van der Waals surface area contributed by atoms with E-state index in [9.17, 15) is 4.79 Å². The molecule has 12 heavy (non-hydrogen) atoms. The predicted molar refractivity (Wildman–Crippen MR) is 49.9 cm³/mol. The molecule has 2 atom stereocenters. The lowest BCUT2D eigenvalue weighted by Gasteiger charge is -2.20. The van der Waals surface area contributed by atoms with Crippen molar-refractivity contribution in [3.05, 3.63) is 12.2 Å². The summed E-state index contributed by atoms with van der Waals surface area (Å²) in [5.74, 6) is -0.655.